The first-order valence-corrected chi connectivity index (χ1v) is 9.57. The maximum Gasteiger partial charge on any atom is 0.191 e. The van der Waals surface area contributed by atoms with Gasteiger partial charge in [0.05, 0.1) is 6.54 Å². The minimum atomic E-state index is 0.718. The highest BCUT2D eigenvalue weighted by molar-refractivity contribution is 5.79. The average Bonchev–Trinajstić information content (AvgIpc) is 2.78. The van der Waals surface area contributed by atoms with Gasteiger partial charge in [0.15, 0.2) is 5.96 Å². The minimum absolute atomic E-state index is 0.718. The predicted octanol–water partition coefficient (Wildman–Crippen LogP) is 2.00. The average molecular weight is 346 g/mol. The van der Waals surface area contributed by atoms with E-state index in [9.17, 15) is 0 Å². The molecule has 2 rings (SSSR count). The summed E-state index contributed by atoms with van der Waals surface area (Å²) in [6.07, 6.45) is 1.26. The van der Waals surface area contributed by atoms with Crippen LogP contribution >= 0.6 is 0 Å². The van der Waals surface area contributed by atoms with E-state index in [1.807, 2.05) is 0 Å². The summed E-state index contributed by atoms with van der Waals surface area (Å²) in [6, 6.07) is 6.57. The molecule has 0 aliphatic carbocycles. The van der Waals surface area contributed by atoms with Crippen molar-refractivity contribution in [2.45, 2.75) is 33.7 Å². The zero-order valence-electron chi connectivity index (χ0n) is 16.4. The quantitative estimate of drug-likeness (QED) is 0.611. The second-order valence-corrected chi connectivity index (χ2v) is 7.05. The number of nitrogens with zero attached hydrogens (tertiary/aromatic N) is 3. The summed E-state index contributed by atoms with van der Waals surface area (Å²) >= 11 is 0. The van der Waals surface area contributed by atoms with Crippen molar-refractivity contribution in [3.63, 3.8) is 0 Å². The Hall–Kier alpha value is -1.59. The van der Waals surface area contributed by atoms with Crippen molar-refractivity contribution in [1.82, 2.24) is 20.4 Å². The van der Waals surface area contributed by atoms with Crippen molar-refractivity contribution in [3.05, 3.63) is 34.9 Å². The molecule has 5 heteroatoms. The monoisotopic (exact) mass is 345 g/mol. The summed E-state index contributed by atoms with van der Waals surface area (Å²) in [4.78, 5) is 9.72. The largest absolute Gasteiger partial charge is 0.357 e. The van der Waals surface area contributed by atoms with E-state index >= 15 is 0 Å². The number of rotatable bonds is 6. The predicted molar refractivity (Wildman–Crippen MR) is 107 cm³/mol. The van der Waals surface area contributed by atoms with Crippen LogP contribution < -0.4 is 10.6 Å². The number of likely N-dealkylation sites (N-methyl/N-ethyl adjacent to an activating group) is 1. The molecule has 1 aromatic rings. The number of benzene rings is 1. The minimum Gasteiger partial charge on any atom is -0.357 e. The lowest BCUT2D eigenvalue weighted by Crippen LogP contribution is -2.42. The molecule has 0 radical (unpaired) electrons. The molecular weight excluding hydrogens is 310 g/mol. The van der Waals surface area contributed by atoms with Crippen molar-refractivity contribution < 1.29 is 0 Å². The summed E-state index contributed by atoms with van der Waals surface area (Å²) in [5.74, 6) is 0.911. The van der Waals surface area contributed by atoms with Crippen LogP contribution in [-0.4, -0.2) is 68.6 Å². The summed E-state index contributed by atoms with van der Waals surface area (Å²) in [5, 5.41) is 6.84. The lowest BCUT2D eigenvalue weighted by atomic mass is 10.1. The molecule has 1 aliphatic heterocycles. The molecule has 1 aromatic carbocycles. The highest BCUT2D eigenvalue weighted by Crippen LogP contribution is 2.11. The Morgan fingerprint density at radius 2 is 1.96 bits per heavy atom. The molecule has 0 spiro atoms. The Kier molecular flexibility index (Phi) is 8.22. The fourth-order valence-corrected chi connectivity index (χ4v) is 3.19. The van der Waals surface area contributed by atoms with Crippen LogP contribution in [0.4, 0.5) is 0 Å². The summed E-state index contributed by atoms with van der Waals surface area (Å²) < 4.78 is 0. The van der Waals surface area contributed by atoms with Gasteiger partial charge >= 0.3 is 0 Å². The first kappa shape index (κ1) is 19.7. The van der Waals surface area contributed by atoms with E-state index in [0.717, 1.165) is 38.7 Å². The van der Waals surface area contributed by atoms with E-state index in [2.05, 4.69) is 66.5 Å². The third-order valence-electron chi connectivity index (χ3n) is 4.78. The van der Waals surface area contributed by atoms with Gasteiger partial charge in [0.2, 0.25) is 0 Å². The van der Waals surface area contributed by atoms with Gasteiger partial charge < -0.3 is 20.4 Å². The highest BCUT2D eigenvalue weighted by atomic mass is 15.2. The lowest BCUT2D eigenvalue weighted by Gasteiger charge is -2.21. The fraction of sp³-hybridized carbons (Fsp3) is 0.650. The van der Waals surface area contributed by atoms with Crippen LogP contribution in [0.15, 0.2) is 23.2 Å². The van der Waals surface area contributed by atoms with Crippen molar-refractivity contribution in [2.75, 3.05) is 52.9 Å². The molecule has 0 saturated carbocycles. The first-order chi connectivity index (χ1) is 12.1. The van der Waals surface area contributed by atoms with E-state index in [1.54, 1.807) is 0 Å². The maximum absolute atomic E-state index is 4.76. The van der Waals surface area contributed by atoms with Gasteiger partial charge in [-0.15, -0.1) is 0 Å². The van der Waals surface area contributed by atoms with Crippen LogP contribution in [0.25, 0.3) is 0 Å². The molecule has 5 nitrogen and oxygen atoms in total. The van der Waals surface area contributed by atoms with E-state index in [1.165, 1.54) is 42.7 Å². The Balaban J connectivity index is 1.83. The maximum atomic E-state index is 4.76. The normalized spacial score (nSPS) is 17.4. The molecule has 25 heavy (non-hydrogen) atoms. The van der Waals surface area contributed by atoms with Crippen LogP contribution in [0.1, 0.15) is 30.0 Å². The highest BCUT2D eigenvalue weighted by Gasteiger charge is 2.11. The summed E-state index contributed by atoms with van der Waals surface area (Å²) in [7, 11) is 2.21. The molecule has 1 aliphatic rings. The van der Waals surface area contributed by atoms with Crippen LogP contribution in [0, 0.1) is 13.8 Å². The van der Waals surface area contributed by atoms with Gasteiger partial charge in [0.25, 0.3) is 0 Å². The van der Waals surface area contributed by atoms with Crippen LogP contribution in [0.5, 0.6) is 0 Å². The molecule has 1 heterocycles. The molecule has 0 bridgehead atoms. The Labute approximate surface area is 153 Å². The number of nitrogens with one attached hydrogen (secondary N) is 2. The Morgan fingerprint density at radius 3 is 2.72 bits per heavy atom. The van der Waals surface area contributed by atoms with Gasteiger partial charge in [-0.1, -0.05) is 23.8 Å². The summed E-state index contributed by atoms with van der Waals surface area (Å²) in [6.45, 7) is 14.7. The molecular formula is C20H35N5. The van der Waals surface area contributed by atoms with Crippen molar-refractivity contribution in [2.24, 2.45) is 4.99 Å². The third-order valence-corrected chi connectivity index (χ3v) is 4.78. The Morgan fingerprint density at radius 1 is 1.12 bits per heavy atom. The number of hydrogen-bond donors (Lipinski definition) is 2. The van der Waals surface area contributed by atoms with Crippen molar-refractivity contribution in [1.29, 1.82) is 0 Å². The Bertz CT molecular complexity index is 555. The molecule has 1 saturated heterocycles. The number of aryl methyl sites for hydroxylation is 2. The van der Waals surface area contributed by atoms with Crippen LogP contribution in [-0.2, 0) is 6.54 Å². The van der Waals surface area contributed by atoms with E-state index in [0.29, 0.717) is 0 Å². The lowest BCUT2D eigenvalue weighted by molar-refractivity contribution is 0.280. The third kappa shape index (κ3) is 7.04. The molecule has 140 valence electrons. The van der Waals surface area contributed by atoms with E-state index in [-0.39, 0.29) is 0 Å². The standard InChI is InChI=1S/C20H35N5/c1-5-21-20(23-16-19-8-7-17(2)15-18(19)3)22-9-12-25-11-6-10-24(4)13-14-25/h7-8,15H,5-6,9-14,16H2,1-4H3,(H2,21,22,23). The second kappa shape index (κ2) is 10.4. The smallest absolute Gasteiger partial charge is 0.191 e. The topological polar surface area (TPSA) is 42.9 Å². The van der Waals surface area contributed by atoms with Gasteiger partial charge in [-0.05, 0) is 58.5 Å². The molecule has 0 atom stereocenters. The van der Waals surface area contributed by atoms with Gasteiger partial charge in [0.1, 0.15) is 0 Å². The van der Waals surface area contributed by atoms with Crippen LogP contribution in [0.3, 0.4) is 0 Å². The van der Waals surface area contributed by atoms with Crippen molar-refractivity contribution >= 4 is 5.96 Å². The second-order valence-electron chi connectivity index (χ2n) is 7.05. The summed E-state index contributed by atoms with van der Waals surface area (Å²) in [5.41, 5.74) is 3.91. The number of hydrogen-bond acceptors (Lipinski definition) is 3. The van der Waals surface area contributed by atoms with E-state index < -0.39 is 0 Å². The first-order valence-electron chi connectivity index (χ1n) is 9.57. The molecule has 0 aromatic heterocycles. The molecule has 2 N–H and O–H groups in total. The zero-order chi connectivity index (χ0) is 18.1. The van der Waals surface area contributed by atoms with Gasteiger partial charge in [-0.3, -0.25) is 0 Å². The van der Waals surface area contributed by atoms with Gasteiger partial charge in [0, 0.05) is 32.7 Å². The number of aliphatic imine (C=N–C) groups is 1. The van der Waals surface area contributed by atoms with Crippen molar-refractivity contribution in [3.8, 4) is 0 Å². The van der Waals surface area contributed by atoms with E-state index in [4.69, 9.17) is 4.99 Å². The fourth-order valence-electron chi connectivity index (χ4n) is 3.19. The SMILES string of the molecule is CCNC(=NCc1ccc(C)cc1C)NCCN1CCCN(C)CC1. The number of guanidine groups is 1. The molecule has 0 amide bonds. The van der Waals surface area contributed by atoms with Gasteiger partial charge in [-0.25, -0.2) is 4.99 Å². The zero-order valence-corrected chi connectivity index (χ0v) is 16.4. The van der Waals surface area contributed by atoms with Crippen LogP contribution in [0.2, 0.25) is 0 Å². The molecule has 1 fully saturated rings. The molecule has 0 unspecified atom stereocenters. The van der Waals surface area contributed by atoms with Gasteiger partial charge in [-0.2, -0.15) is 0 Å².